The van der Waals surface area contributed by atoms with Crippen LogP contribution in [0.3, 0.4) is 0 Å². The van der Waals surface area contributed by atoms with E-state index in [2.05, 4.69) is 37.4 Å². The number of rotatable bonds is 13. The number of hydrogen-bond donors (Lipinski definition) is 0. The molecule has 0 bridgehead atoms. The molecule has 0 N–H and O–H groups in total. The summed E-state index contributed by atoms with van der Waals surface area (Å²) in [6, 6.07) is 0. The lowest BCUT2D eigenvalue weighted by atomic mass is 10.2. The minimum atomic E-state index is -1.75. The van der Waals surface area contributed by atoms with Gasteiger partial charge in [0.25, 0.3) is 0 Å². The first-order chi connectivity index (χ1) is 14.0. The zero-order chi connectivity index (χ0) is 23.8. The highest BCUT2D eigenvalue weighted by Gasteiger charge is 2.02. The van der Waals surface area contributed by atoms with Gasteiger partial charge in [-0.15, -0.1) is 0 Å². The van der Waals surface area contributed by atoms with E-state index < -0.39 is 13.8 Å². The van der Waals surface area contributed by atoms with Crippen LogP contribution in [0.25, 0.3) is 0 Å². The van der Waals surface area contributed by atoms with Crippen LogP contribution in [0.5, 0.6) is 0 Å². The lowest BCUT2D eigenvalue weighted by molar-refractivity contribution is -0.131. The van der Waals surface area contributed by atoms with Crippen LogP contribution in [0.2, 0.25) is 0 Å². The first-order valence-corrected chi connectivity index (χ1v) is 10.5. The SMILES string of the molecule is CCCC[C@H](C)OCF.CCCOF.CCCO[C@H](CC)CCC.CF.FCF. The topological polar surface area (TPSA) is 27.7 Å². The molecule has 0 unspecified atom stereocenters. The summed E-state index contributed by atoms with van der Waals surface area (Å²) in [5.41, 5.74) is 0. The molecule has 8 heteroatoms. The van der Waals surface area contributed by atoms with Crippen molar-refractivity contribution in [2.45, 2.75) is 105 Å². The Morgan fingerprint density at radius 2 is 1.24 bits per heavy atom. The molecule has 29 heavy (non-hydrogen) atoms. The van der Waals surface area contributed by atoms with E-state index in [4.69, 9.17) is 4.74 Å². The smallest absolute Gasteiger partial charge is 0.229 e. The Labute approximate surface area is 176 Å². The largest absolute Gasteiger partial charge is 0.378 e. The van der Waals surface area contributed by atoms with Crippen molar-refractivity contribution in [3.05, 3.63) is 0 Å². The molecule has 0 saturated heterocycles. The second-order valence-electron chi connectivity index (χ2n) is 5.83. The maximum atomic E-state index is 11.4. The molecule has 0 aromatic rings. The van der Waals surface area contributed by atoms with E-state index in [1.807, 2.05) is 13.8 Å². The second-order valence-corrected chi connectivity index (χ2v) is 5.83. The molecule has 0 aliphatic rings. The van der Waals surface area contributed by atoms with Crippen LogP contribution in [-0.2, 0) is 14.4 Å². The van der Waals surface area contributed by atoms with E-state index in [0.29, 0.717) is 13.3 Å². The van der Waals surface area contributed by atoms with Crippen LogP contribution >= 0.6 is 0 Å². The van der Waals surface area contributed by atoms with Crippen molar-refractivity contribution >= 4 is 0 Å². The van der Waals surface area contributed by atoms with Crippen LogP contribution in [-0.4, -0.2) is 46.4 Å². The fourth-order valence-corrected chi connectivity index (χ4v) is 1.77. The molecule has 0 saturated carbocycles. The van der Waals surface area contributed by atoms with Gasteiger partial charge in [-0.2, -0.15) is 4.94 Å². The average molecular weight is 443 g/mol. The van der Waals surface area contributed by atoms with Gasteiger partial charge in [-0.25, -0.2) is 13.2 Å². The molecule has 0 rings (SSSR count). The highest BCUT2D eigenvalue weighted by molar-refractivity contribution is 4.53. The molecule has 0 amide bonds. The van der Waals surface area contributed by atoms with Gasteiger partial charge in [-0.05, 0) is 43.6 Å². The summed E-state index contributed by atoms with van der Waals surface area (Å²) in [6.07, 6.45) is 9.37. The standard InChI is InChI=1S/C9H20O.C7H15FO.C3H7FO.CH2F2.CH3F/c1-4-7-9(6-3)10-8-5-2;1-3-4-5-7(2)9-6-8;1-2-3-5-4;2-1-3;1-2/h9H,4-8H2,1-3H3;7H,3-6H2,1-2H3;2-3H2,1H3;1H2;1H3/t9-;7-;;;/m10.../s1. The van der Waals surface area contributed by atoms with Gasteiger partial charge in [0.2, 0.25) is 6.93 Å². The van der Waals surface area contributed by atoms with Crippen LogP contribution < -0.4 is 0 Å². The van der Waals surface area contributed by atoms with Gasteiger partial charge in [0.05, 0.1) is 26.0 Å². The monoisotopic (exact) mass is 442 g/mol. The fourth-order valence-electron chi connectivity index (χ4n) is 1.77. The van der Waals surface area contributed by atoms with Crippen molar-refractivity contribution < 1.29 is 36.5 Å². The molecule has 3 nitrogen and oxygen atoms in total. The molecule has 0 aromatic carbocycles. The Kier molecular flexibility index (Phi) is 61.9. The summed E-state index contributed by atoms with van der Waals surface area (Å²) in [7, 11) is 0.500. The summed E-state index contributed by atoms with van der Waals surface area (Å²) in [5, 5.41) is 0. The van der Waals surface area contributed by atoms with E-state index in [0.717, 1.165) is 45.1 Å². The summed E-state index contributed by atoms with van der Waals surface area (Å²) >= 11 is 0. The van der Waals surface area contributed by atoms with Crippen molar-refractivity contribution in [3.8, 4) is 0 Å². The van der Waals surface area contributed by atoms with E-state index in [1.54, 1.807) is 0 Å². The van der Waals surface area contributed by atoms with Gasteiger partial charge in [-0.1, -0.05) is 53.9 Å². The summed E-state index contributed by atoms with van der Waals surface area (Å²) in [4.78, 5) is 3.19. The molecule has 0 spiro atoms. The van der Waals surface area contributed by atoms with Crippen LogP contribution in [0.4, 0.5) is 22.1 Å². The summed E-state index contributed by atoms with van der Waals surface area (Å²) in [6.45, 7) is 11.2. The lowest BCUT2D eigenvalue weighted by Crippen LogP contribution is -2.11. The molecular weight excluding hydrogens is 395 g/mol. The molecule has 2 atom stereocenters. The third-order valence-electron chi connectivity index (χ3n) is 3.22. The van der Waals surface area contributed by atoms with Gasteiger partial charge in [0.15, 0.2) is 6.86 Å². The molecule has 0 heterocycles. The molecule has 0 aromatic heterocycles. The van der Waals surface area contributed by atoms with Gasteiger partial charge in [0, 0.05) is 6.61 Å². The number of alkyl halides is 4. The summed E-state index contributed by atoms with van der Waals surface area (Å²) in [5.74, 6) is 0. The highest BCUT2D eigenvalue weighted by atomic mass is 19.3. The van der Waals surface area contributed by atoms with Crippen molar-refractivity contribution in [2.75, 3.05) is 34.2 Å². The van der Waals surface area contributed by atoms with Crippen LogP contribution in [0.15, 0.2) is 0 Å². The van der Waals surface area contributed by atoms with E-state index in [1.165, 1.54) is 12.8 Å². The molecule has 0 radical (unpaired) electrons. The van der Waals surface area contributed by atoms with Crippen molar-refractivity contribution in [3.63, 3.8) is 0 Å². The maximum absolute atomic E-state index is 11.4. The minimum absolute atomic E-state index is 0.0925. The van der Waals surface area contributed by atoms with Gasteiger partial charge >= 0.3 is 0 Å². The van der Waals surface area contributed by atoms with Crippen LogP contribution in [0.1, 0.15) is 92.9 Å². The third kappa shape index (κ3) is 58.4. The number of hydrogen-bond acceptors (Lipinski definition) is 3. The highest BCUT2D eigenvalue weighted by Crippen LogP contribution is 2.06. The van der Waals surface area contributed by atoms with Crippen molar-refractivity contribution in [1.82, 2.24) is 0 Å². The molecule has 0 fully saturated rings. The van der Waals surface area contributed by atoms with Crippen molar-refractivity contribution in [2.24, 2.45) is 0 Å². The Balaban J connectivity index is -0.0000000923. The second kappa shape index (κ2) is 46.0. The number of ether oxygens (including phenoxy) is 2. The minimum Gasteiger partial charge on any atom is -0.378 e. The molecular formula is C21H47F5O3. The molecule has 184 valence electrons. The van der Waals surface area contributed by atoms with Gasteiger partial charge in [-0.3, -0.25) is 4.39 Å². The number of halogens is 5. The normalized spacial score (nSPS) is 11.2. The lowest BCUT2D eigenvalue weighted by Gasteiger charge is -2.13. The average Bonchev–Trinajstić information content (AvgIpc) is 2.73. The van der Waals surface area contributed by atoms with Gasteiger partial charge < -0.3 is 9.47 Å². The zero-order valence-corrected chi connectivity index (χ0v) is 19.8. The van der Waals surface area contributed by atoms with Gasteiger partial charge in [0.1, 0.15) is 0 Å². The fraction of sp³-hybridized carbons (Fsp3) is 1.00. The first-order valence-electron chi connectivity index (χ1n) is 10.5. The van der Waals surface area contributed by atoms with E-state index in [-0.39, 0.29) is 12.7 Å². The Hall–Kier alpha value is -0.470. The van der Waals surface area contributed by atoms with Crippen LogP contribution in [0, 0.1) is 0 Å². The number of unbranched alkanes of at least 4 members (excludes halogenated alkanes) is 1. The Morgan fingerprint density at radius 3 is 1.52 bits per heavy atom. The predicted molar refractivity (Wildman–Crippen MR) is 113 cm³/mol. The molecule has 0 aliphatic carbocycles. The Bertz CT molecular complexity index is 215. The quantitative estimate of drug-likeness (QED) is 0.269. The van der Waals surface area contributed by atoms with Crippen molar-refractivity contribution in [1.29, 1.82) is 0 Å². The van der Waals surface area contributed by atoms with E-state index >= 15 is 0 Å². The Morgan fingerprint density at radius 1 is 0.724 bits per heavy atom. The first kappa shape index (κ1) is 39.1. The third-order valence-corrected chi connectivity index (χ3v) is 3.22. The zero-order valence-electron chi connectivity index (χ0n) is 19.8. The maximum Gasteiger partial charge on any atom is 0.229 e. The molecule has 0 aliphatic heterocycles. The van der Waals surface area contributed by atoms with E-state index in [9.17, 15) is 22.1 Å². The predicted octanol–water partition coefficient (Wildman–Crippen LogP) is 8.27. The summed E-state index contributed by atoms with van der Waals surface area (Å²) < 4.78 is 61.0.